The van der Waals surface area contributed by atoms with Crippen molar-refractivity contribution in [3.63, 3.8) is 0 Å². The zero-order valence-corrected chi connectivity index (χ0v) is 26.5. The number of pyridine rings is 2. The van der Waals surface area contributed by atoms with Crippen LogP contribution in [0.1, 0.15) is 43.6 Å². The number of nitrogens with one attached hydrogen (secondary N) is 2. The number of anilines is 1. The molecule has 2 amide bonds. The molecule has 0 bridgehead atoms. The molecule has 0 aliphatic carbocycles. The highest BCUT2D eigenvalue weighted by atomic mass is 35.5. The number of nitro groups is 1. The number of ether oxygens (including phenoxy) is 2. The molecular weight excluding hydrogens is 627 g/mol. The second kappa shape index (κ2) is 13.8. The van der Waals surface area contributed by atoms with E-state index in [1.807, 2.05) is 0 Å². The highest BCUT2D eigenvalue weighted by Gasteiger charge is 2.41. The van der Waals surface area contributed by atoms with Gasteiger partial charge in [-0.05, 0) is 51.5 Å². The molecule has 0 spiro atoms. The largest absolute Gasteiger partial charge is 0.458 e. The summed E-state index contributed by atoms with van der Waals surface area (Å²) in [5, 5.41) is 18.0. The highest BCUT2D eigenvalue weighted by Crippen LogP contribution is 2.32. The van der Waals surface area contributed by atoms with Crippen molar-refractivity contribution in [1.82, 2.24) is 19.8 Å². The molecule has 0 radical (unpaired) electrons. The summed E-state index contributed by atoms with van der Waals surface area (Å²) in [6, 6.07) is 7.81. The Balaban J connectivity index is 1.67. The SMILES string of the molecule is CC1(F)CN(C(=O)Cn2c(=O)c(C(=O)NCc3ccc(Cl)cc3)cc3c(NCCOCC(=O)OC(C)(C)C)c([N+](=O)[O-])cnc32)C1. The molecule has 14 nitrogen and oxygen atoms in total. The topological polar surface area (TPSA) is 175 Å². The second-order valence-corrected chi connectivity index (χ2v) is 12.4. The van der Waals surface area contributed by atoms with E-state index in [0.717, 1.165) is 10.8 Å². The van der Waals surface area contributed by atoms with Gasteiger partial charge in [-0.3, -0.25) is 29.1 Å². The van der Waals surface area contributed by atoms with Gasteiger partial charge in [0.05, 0.1) is 24.6 Å². The lowest BCUT2D eigenvalue weighted by Crippen LogP contribution is -2.60. The Hall–Kier alpha value is -4.63. The Labute approximate surface area is 268 Å². The number of alkyl halides is 1. The third-order valence-corrected chi connectivity index (χ3v) is 7.03. The van der Waals surface area contributed by atoms with Crippen LogP contribution in [0.15, 0.2) is 41.3 Å². The quantitative estimate of drug-likeness (QED) is 0.127. The molecule has 3 aromatic rings. The van der Waals surface area contributed by atoms with Crippen molar-refractivity contribution in [3.05, 3.63) is 73.1 Å². The van der Waals surface area contributed by atoms with Gasteiger partial charge >= 0.3 is 11.7 Å². The van der Waals surface area contributed by atoms with Crippen molar-refractivity contribution < 1.29 is 33.2 Å². The number of aromatic nitrogens is 2. The van der Waals surface area contributed by atoms with Crippen molar-refractivity contribution in [2.75, 3.05) is 38.2 Å². The van der Waals surface area contributed by atoms with Gasteiger partial charge in [0.2, 0.25) is 5.91 Å². The summed E-state index contributed by atoms with van der Waals surface area (Å²) < 4.78 is 25.6. The summed E-state index contributed by atoms with van der Waals surface area (Å²) in [5.74, 6) is -1.99. The summed E-state index contributed by atoms with van der Waals surface area (Å²) in [6.07, 6.45) is 0.926. The van der Waals surface area contributed by atoms with Crippen molar-refractivity contribution >= 4 is 51.8 Å². The molecule has 3 heterocycles. The van der Waals surface area contributed by atoms with Crippen molar-refractivity contribution in [1.29, 1.82) is 0 Å². The number of carbonyl (C=O) groups is 3. The van der Waals surface area contributed by atoms with Crippen molar-refractivity contribution in [3.8, 4) is 0 Å². The molecule has 1 fully saturated rings. The van der Waals surface area contributed by atoms with E-state index in [4.69, 9.17) is 21.1 Å². The van der Waals surface area contributed by atoms with Gasteiger partial charge in [0.15, 0.2) is 0 Å². The first-order chi connectivity index (χ1) is 21.5. The Morgan fingerprint density at radius 1 is 1.20 bits per heavy atom. The maximum absolute atomic E-state index is 14.1. The Morgan fingerprint density at radius 2 is 1.87 bits per heavy atom. The van der Waals surface area contributed by atoms with Crippen LogP contribution in [0.25, 0.3) is 11.0 Å². The lowest BCUT2D eigenvalue weighted by atomic mass is 9.99. The second-order valence-electron chi connectivity index (χ2n) is 12.0. The fraction of sp³-hybridized carbons (Fsp3) is 0.433. The molecule has 2 N–H and O–H groups in total. The first-order valence-electron chi connectivity index (χ1n) is 14.3. The molecule has 0 saturated carbocycles. The molecule has 1 saturated heterocycles. The Bertz CT molecular complexity index is 1710. The number of hydrogen-bond acceptors (Lipinski definition) is 10. The van der Waals surface area contributed by atoms with Gasteiger partial charge in [-0.25, -0.2) is 14.2 Å². The van der Waals surface area contributed by atoms with E-state index < -0.39 is 57.3 Å². The van der Waals surface area contributed by atoms with E-state index in [9.17, 15) is 33.7 Å². The minimum atomic E-state index is -1.56. The minimum Gasteiger partial charge on any atom is -0.458 e. The van der Waals surface area contributed by atoms with Crippen LogP contribution in [0.5, 0.6) is 0 Å². The first-order valence-corrected chi connectivity index (χ1v) is 14.7. The van der Waals surface area contributed by atoms with Gasteiger partial charge < -0.3 is 25.0 Å². The van der Waals surface area contributed by atoms with E-state index in [2.05, 4.69) is 15.6 Å². The minimum absolute atomic E-state index is 0.00400. The molecule has 1 aliphatic heterocycles. The molecule has 0 atom stereocenters. The molecule has 2 aromatic heterocycles. The number of benzene rings is 1. The van der Waals surface area contributed by atoms with Gasteiger partial charge in [-0.1, -0.05) is 23.7 Å². The van der Waals surface area contributed by atoms with E-state index in [0.29, 0.717) is 10.6 Å². The molecular formula is C30H34ClFN6O8. The van der Waals surface area contributed by atoms with E-state index in [1.54, 1.807) is 45.0 Å². The molecule has 16 heteroatoms. The van der Waals surface area contributed by atoms with Crippen LogP contribution < -0.4 is 16.2 Å². The van der Waals surface area contributed by atoms with Gasteiger partial charge in [-0.15, -0.1) is 0 Å². The maximum atomic E-state index is 14.1. The number of fused-ring (bicyclic) bond motifs is 1. The number of rotatable bonds is 12. The smallest absolute Gasteiger partial charge is 0.332 e. The number of nitrogens with zero attached hydrogens (tertiary/aromatic N) is 4. The van der Waals surface area contributed by atoms with Crippen molar-refractivity contribution in [2.24, 2.45) is 0 Å². The maximum Gasteiger partial charge on any atom is 0.332 e. The van der Waals surface area contributed by atoms with E-state index in [1.165, 1.54) is 17.9 Å². The average molecular weight is 661 g/mol. The Morgan fingerprint density at radius 3 is 2.48 bits per heavy atom. The van der Waals surface area contributed by atoms with Gasteiger partial charge in [-0.2, -0.15) is 0 Å². The Kier molecular flexibility index (Phi) is 10.3. The van der Waals surface area contributed by atoms with Crippen LogP contribution in [0, 0.1) is 10.1 Å². The summed E-state index contributed by atoms with van der Waals surface area (Å²) in [5.41, 5.74) is -3.53. The fourth-order valence-corrected chi connectivity index (χ4v) is 4.88. The predicted octanol–water partition coefficient (Wildman–Crippen LogP) is 3.23. The predicted molar refractivity (Wildman–Crippen MR) is 167 cm³/mol. The molecule has 46 heavy (non-hydrogen) atoms. The zero-order valence-electron chi connectivity index (χ0n) is 25.7. The lowest BCUT2D eigenvalue weighted by Gasteiger charge is -2.42. The number of esters is 1. The molecule has 0 unspecified atom stereocenters. The molecule has 1 aliphatic rings. The zero-order chi connectivity index (χ0) is 33.8. The summed E-state index contributed by atoms with van der Waals surface area (Å²) >= 11 is 5.93. The van der Waals surface area contributed by atoms with E-state index in [-0.39, 0.29) is 56.1 Å². The summed E-state index contributed by atoms with van der Waals surface area (Å²) in [4.78, 5) is 68.6. The third-order valence-electron chi connectivity index (χ3n) is 6.78. The molecule has 4 rings (SSSR count). The highest BCUT2D eigenvalue weighted by molar-refractivity contribution is 6.30. The molecule has 246 valence electrons. The fourth-order valence-electron chi connectivity index (χ4n) is 4.75. The summed E-state index contributed by atoms with van der Waals surface area (Å²) in [7, 11) is 0. The normalized spacial score (nSPS) is 14.0. The number of halogens is 2. The third kappa shape index (κ3) is 8.54. The number of likely N-dealkylation sites (tertiary alicyclic amines) is 1. The van der Waals surface area contributed by atoms with Crippen molar-refractivity contribution in [2.45, 2.75) is 52.1 Å². The van der Waals surface area contributed by atoms with Crippen LogP contribution in [0.3, 0.4) is 0 Å². The van der Waals surface area contributed by atoms with Crippen LogP contribution in [-0.4, -0.2) is 81.3 Å². The standard InChI is InChI=1S/C30H34ClFN6O8/c1-29(2,3)46-24(40)15-45-10-9-33-25-20-11-21(27(41)35-12-18-5-7-19(31)8-6-18)28(42)37(26(20)34-13-22(25)38(43)44)14-23(39)36-16-30(4,32)17-36/h5-8,11,13H,9-10,12,14-17H2,1-4H3,(H,33,34)(H,35,41). The number of hydrogen-bond donors (Lipinski definition) is 2. The number of carbonyl (C=O) groups excluding carboxylic acids is 3. The lowest BCUT2D eigenvalue weighted by molar-refractivity contribution is -0.384. The molecule has 1 aromatic carbocycles. The first kappa shape index (κ1) is 34.2. The van der Waals surface area contributed by atoms with Gasteiger partial charge in [0.25, 0.3) is 11.5 Å². The summed E-state index contributed by atoms with van der Waals surface area (Å²) in [6.45, 7) is 5.12. The van der Waals surface area contributed by atoms with Crippen LogP contribution >= 0.6 is 11.6 Å². The monoisotopic (exact) mass is 660 g/mol. The van der Waals surface area contributed by atoms with E-state index >= 15 is 0 Å². The average Bonchev–Trinajstić information content (AvgIpc) is 2.95. The van der Waals surface area contributed by atoms with Crippen LogP contribution in [0.4, 0.5) is 15.8 Å². The van der Waals surface area contributed by atoms with Gasteiger partial charge in [0, 0.05) is 23.5 Å². The van der Waals surface area contributed by atoms with Crippen LogP contribution in [0.2, 0.25) is 5.02 Å². The number of amides is 2. The van der Waals surface area contributed by atoms with Crippen LogP contribution in [-0.2, 0) is 32.2 Å². The van der Waals surface area contributed by atoms with Gasteiger partial charge in [0.1, 0.15) is 47.5 Å².